The maximum Gasteiger partial charge on any atom is 0.344 e. The second kappa shape index (κ2) is 5.58. The Labute approximate surface area is 114 Å². The molecule has 0 saturated heterocycles. The first-order valence-corrected chi connectivity index (χ1v) is 6.85. The molecule has 0 fully saturated rings. The summed E-state index contributed by atoms with van der Waals surface area (Å²) in [6.45, 7) is 3.89. The van der Waals surface area contributed by atoms with E-state index in [4.69, 9.17) is 11.6 Å². The number of thioether (sulfide) groups is 1. The van der Waals surface area contributed by atoms with Crippen molar-refractivity contribution in [2.45, 2.75) is 30.8 Å². The third-order valence-electron chi connectivity index (χ3n) is 2.31. The molecular weight excluding hydrogens is 272 g/mol. The first-order chi connectivity index (χ1) is 8.58. The fourth-order valence-corrected chi connectivity index (χ4v) is 2.68. The minimum atomic E-state index is -0.188. The van der Waals surface area contributed by atoms with Crippen molar-refractivity contribution in [3.63, 3.8) is 0 Å². The van der Waals surface area contributed by atoms with Gasteiger partial charge in [-0.2, -0.15) is 0 Å². The third-order valence-corrected chi connectivity index (χ3v) is 3.51. The summed E-state index contributed by atoms with van der Waals surface area (Å²) in [5.41, 5.74) is 0.671. The maximum absolute atomic E-state index is 11.5. The number of aromatic amines is 1. The van der Waals surface area contributed by atoms with Gasteiger partial charge in [0.15, 0.2) is 5.16 Å². The Morgan fingerprint density at radius 1 is 1.50 bits per heavy atom. The van der Waals surface area contributed by atoms with Crippen molar-refractivity contribution in [3.05, 3.63) is 39.5 Å². The van der Waals surface area contributed by atoms with Gasteiger partial charge in [-0.3, -0.25) is 4.57 Å². The minimum absolute atomic E-state index is 0.0751. The molecule has 0 aliphatic rings. The number of pyridine rings is 1. The Morgan fingerprint density at radius 3 is 2.94 bits per heavy atom. The number of nitrogens with one attached hydrogen (secondary N) is 1. The predicted molar refractivity (Wildman–Crippen MR) is 72.0 cm³/mol. The average Bonchev–Trinajstić information content (AvgIpc) is 2.68. The molecule has 0 aromatic carbocycles. The van der Waals surface area contributed by atoms with Crippen LogP contribution in [0.1, 0.15) is 25.6 Å². The normalized spacial score (nSPS) is 11.1. The number of nitrogens with zero attached hydrogens (tertiary/aromatic N) is 3. The van der Waals surface area contributed by atoms with Gasteiger partial charge in [-0.25, -0.2) is 14.9 Å². The average molecular weight is 285 g/mol. The molecular formula is C11H13ClN4OS. The maximum atomic E-state index is 11.5. The van der Waals surface area contributed by atoms with Gasteiger partial charge in [0, 0.05) is 11.8 Å². The lowest BCUT2D eigenvalue weighted by Gasteiger charge is -2.08. The van der Waals surface area contributed by atoms with E-state index in [1.165, 1.54) is 11.8 Å². The van der Waals surface area contributed by atoms with E-state index in [0.717, 1.165) is 5.69 Å². The zero-order valence-electron chi connectivity index (χ0n) is 10.1. The van der Waals surface area contributed by atoms with E-state index < -0.39 is 0 Å². The van der Waals surface area contributed by atoms with Crippen molar-refractivity contribution in [1.29, 1.82) is 0 Å². The molecule has 2 rings (SSSR count). The molecule has 2 aromatic heterocycles. The molecule has 0 amide bonds. The van der Waals surface area contributed by atoms with E-state index >= 15 is 0 Å². The molecule has 0 spiro atoms. The Morgan fingerprint density at radius 2 is 2.28 bits per heavy atom. The van der Waals surface area contributed by atoms with E-state index in [-0.39, 0.29) is 11.7 Å². The fourth-order valence-electron chi connectivity index (χ4n) is 1.52. The van der Waals surface area contributed by atoms with E-state index in [9.17, 15) is 4.79 Å². The Bertz CT molecular complexity index is 593. The summed E-state index contributed by atoms with van der Waals surface area (Å²) in [7, 11) is 0. The van der Waals surface area contributed by atoms with Crippen LogP contribution in [-0.2, 0) is 5.75 Å². The Hall–Kier alpha value is -1.27. The highest BCUT2D eigenvalue weighted by Crippen LogP contribution is 2.21. The van der Waals surface area contributed by atoms with E-state index in [0.29, 0.717) is 16.1 Å². The summed E-state index contributed by atoms with van der Waals surface area (Å²) in [5.74, 6) is 0.623. The molecule has 96 valence electrons. The lowest BCUT2D eigenvalue weighted by atomic mass is 10.4. The number of hydrogen-bond acceptors (Lipinski definition) is 4. The molecule has 0 unspecified atom stereocenters. The summed E-state index contributed by atoms with van der Waals surface area (Å²) in [5, 5.41) is 7.59. The zero-order chi connectivity index (χ0) is 13.1. The van der Waals surface area contributed by atoms with Crippen LogP contribution in [-0.4, -0.2) is 19.7 Å². The molecule has 0 bridgehead atoms. The molecule has 0 atom stereocenters. The van der Waals surface area contributed by atoms with Gasteiger partial charge in [-0.15, -0.1) is 5.10 Å². The van der Waals surface area contributed by atoms with E-state index in [1.807, 2.05) is 26.0 Å². The topological polar surface area (TPSA) is 63.6 Å². The number of hydrogen-bond donors (Lipinski definition) is 1. The third kappa shape index (κ3) is 2.94. The lowest BCUT2D eigenvalue weighted by Crippen LogP contribution is -2.19. The van der Waals surface area contributed by atoms with Gasteiger partial charge in [0.05, 0.1) is 5.69 Å². The highest BCUT2D eigenvalue weighted by Gasteiger charge is 2.12. The van der Waals surface area contributed by atoms with Crippen molar-refractivity contribution in [3.8, 4) is 0 Å². The van der Waals surface area contributed by atoms with Crippen molar-refractivity contribution in [1.82, 2.24) is 19.7 Å². The van der Waals surface area contributed by atoms with Crippen molar-refractivity contribution < 1.29 is 0 Å². The van der Waals surface area contributed by atoms with Gasteiger partial charge < -0.3 is 0 Å². The van der Waals surface area contributed by atoms with Crippen molar-refractivity contribution in [2.24, 2.45) is 0 Å². The SMILES string of the molecule is CC(C)n1c(SCc2cccc(Cl)n2)n[nH]c1=O. The monoisotopic (exact) mass is 284 g/mol. The second-order valence-electron chi connectivity index (χ2n) is 4.02. The second-order valence-corrected chi connectivity index (χ2v) is 5.35. The highest BCUT2D eigenvalue weighted by atomic mass is 35.5. The fraction of sp³-hybridized carbons (Fsp3) is 0.364. The number of halogens is 1. The number of aromatic nitrogens is 4. The van der Waals surface area contributed by atoms with Crippen LogP contribution in [0.15, 0.2) is 28.2 Å². The molecule has 5 nitrogen and oxygen atoms in total. The minimum Gasteiger partial charge on any atom is -0.268 e. The molecule has 0 radical (unpaired) electrons. The molecule has 0 aliphatic carbocycles. The summed E-state index contributed by atoms with van der Waals surface area (Å²) >= 11 is 7.27. The van der Waals surface area contributed by atoms with Crippen LogP contribution in [0.2, 0.25) is 5.15 Å². The predicted octanol–water partition coefficient (Wildman–Crippen LogP) is 2.49. The van der Waals surface area contributed by atoms with Crippen LogP contribution in [0.5, 0.6) is 0 Å². The molecule has 2 aromatic rings. The Balaban J connectivity index is 2.14. The smallest absolute Gasteiger partial charge is 0.268 e. The highest BCUT2D eigenvalue weighted by molar-refractivity contribution is 7.98. The van der Waals surface area contributed by atoms with Gasteiger partial charge in [0.25, 0.3) is 0 Å². The van der Waals surface area contributed by atoms with Crippen LogP contribution in [0.4, 0.5) is 0 Å². The van der Waals surface area contributed by atoms with Gasteiger partial charge in [0.2, 0.25) is 0 Å². The van der Waals surface area contributed by atoms with Crippen molar-refractivity contribution >= 4 is 23.4 Å². The molecule has 7 heteroatoms. The molecule has 0 aliphatic heterocycles. The Kier molecular flexibility index (Phi) is 4.08. The summed E-state index contributed by atoms with van der Waals surface area (Å²) in [6, 6.07) is 5.55. The summed E-state index contributed by atoms with van der Waals surface area (Å²) in [6.07, 6.45) is 0. The standard InChI is InChI=1S/C11H13ClN4OS/c1-7(2)16-10(17)14-15-11(16)18-6-8-4-3-5-9(12)13-8/h3-5,7H,6H2,1-2H3,(H,14,17). The quantitative estimate of drug-likeness (QED) is 0.692. The molecule has 18 heavy (non-hydrogen) atoms. The number of rotatable bonds is 4. The first-order valence-electron chi connectivity index (χ1n) is 5.49. The van der Waals surface area contributed by atoms with Gasteiger partial charge >= 0.3 is 5.69 Å². The zero-order valence-corrected chi connectivity index (χ0v) is 11.6. The van der Waals surface area contributed by atoms with E-state index in [1.54, 1.807) is 10.6 Å². The van der Waals surface area contributed by atoms with Crippen LogP contribution in [0.25, 0.3) is 0 Å². The van der Waals surface area contributed by atoms with Crippen LogP contribution in [0.3, 0.4) is 0 Å². The van der Waals surface area contributed by atoms with Crippen LogP contribution < -0.4 is 5.69 Å². The van der Waals surface area contributed by atoms with Gasteiger partial charge in [-0.1, -0.05) is 29.4 Å². The lowest BCUT2D eigenvalue weighted by molar-refractivity contribution is 0.534. The van der Waals surface area contributed by atoms with Crippen LogP contribution in [0, 0.1) is 0 Å². The summed E-state index contributed by atoms with van der Waals surface area (Å²) < 4.78 is 1.62. The number of H-pyrrole nitrogens is 1. The van der Waals surface area contributed by atoms with Crippen LogP contribution >= 0.6 is 23.4 Å². The van der Waals surface area contributed by atoms with E-state index in [2.05, 4.69) is 15.2 Å². The van der Waals surface area contributed by atoms with Gasteiger partial charge in [0.1, 0.15) is 5.15 Å². The largest absolute Gasteiger partial charge is 0.344 e. The molecule has 2 heterocycles. The van der Waals surface area contributed by atoms with Crippen molar-refractivity contribution in [2.75, 3.05) is 0 Å². The first kappa shape index (κ1) is 13.2. The molecule has 1 N–H and O–H groups in total. The summed E-state index contributed by atoms with van der Waals surface area (Å²) in [4.78, 5) is 15.7. The van der Waals surface area contributed by atoms with Gasteiger partial charge in [-0.05, 0) is 26.0 Å². The molecule has 0 saturated carbocycles.